The highest BCUT2D eigenvalue weighted by Gasteiger charge is 2.17. The Morgan fingerprint density at radius 1 is 1.47 bits per heavy atom. The molecule has 0 saturated heterocycles. The second-order valence-corrected chi connectivity index (χ2v) is 3.97. The van der Waals surface area contributed by atoms with E-state index in [1.54, 1.807) is 17.9 Å². The van der Waals surface area contributed by atoms with Crippen molar-refractivity contribution in [1.29, 1.82) is 5.26 Å². The number of carbonyl (C=O) groups excluding carboxylic acids is 1. The third kappa shape index (κ3) is 3.95. The van der Waals surface area contributed by atoms with Crippen LogP contribution in [0.2, 0.25) is 0 Å². The van der Waals surface area contributed by atoms with E-state index in [0.29, 0.717) is 18.8 Å². The third-order valence-electron chi connectivity index (χ3n) is 2.56. The number of ether oxygens (including phenoxy) is 1. The molecule has 5 heteroatoms. The number of esters is 1. The molecule has 0 radical (unpaired) electrons. The van der Waals surface area contributed by atoms with E-state index >= 15 is 0 Å². The molecule has 0 N–H and O–H groups in total. The standard InChI is InChI=1S/C14H17FN2O2/c1-3-8-17(10-14(18)19-4-2)13-7-5-6-12(15)11(13)9-16/h5-7H,3-4,8,10H2,1-2H3. The molecule has 0 bridgehead atoms. The van der Waals surface area contributed by atoms with Crippen LogP contribution in [0.5, 0.6) is 0 Å². The number of nitriles is 1. The van der Waals surface area contributed by atoms with Crippen molar-refractivity contribution in [3.63, 3.8) is 0 Å². The van der Waals surface area contributed by atoms with Crippen LogP contribution in [0, 0.1) is 17.1 Å². The first kappa shape index (κ1) is 15.0. The SMILES string of the molecule is CCCN(CC(=O)OCC)c1cccc(F)c1C#N. The lowest BCUT2D eigenvalue weighted by molar-refractivity contribution is -0.141. The average Bonchev–Trinajstić information content (AvgIpc) is 2.38. The van der Waals surface area contributed by atoms with Crippen molar-refractivity contribution in [2.24, 2.45) is 0 Å². The lowest BCUT2D eigenvalue weighted by Crippen LogP contribution is -2.32. The Balaban J connectivity index is 3.02. The van der Waals surface area contributed by atoms with Gasteiger partial charge in [0.25, 0.3) is 0 Å². The predicted octanol–water partition coefficient (Wildman–Crippen LogP) is 2.48. The lowest BCUT2D eigenvalue weighted by atomic mass is 10.1. The fourth-order valence-electron chi connectivity index (χ4n) is 1.80. The zero-order chi connectivity index (χ0) is 14.3. The lowest BCUT2D eigenvalue weighted by Gasteiger charge is -2.24. The molecule has 0 spiro atoms. The van der Waals surface area contributed by atoms with Gasteiger partial charge in [0.2, 0.25) is 0 Å². The highest BCUT2D eigenvalue weighted by Crippen LogP contribution is 2.22. The zero-order valence-corrected chi connectivity index (χ0v) is 11.1. The molecule has 19 heavy (non-hydrogen) atoms. The van der Waals surface area contributed by atoms with E-state index < -0.39 is 5.82 Å². The van der Waals surface area contributed by atoms with Crippen LogP contribution in [0.25, 0.3) is 0 Å². The molecular formula is C14H17FN2O2. The number of anilines is 1. The van der Waals surface area contributed by atoms with E-state index in [9.17, 15) is 9.18 Å². The highest BCUT2D eigenvalue weighted by atomic mass is 19.1. The van der Waals surface area contributed by atoms with Crippen LogP contribution in [0.3, 0.4) is 0 Å². The highest BCUT2D eigenvalue weighted by molar-refractivity contribution is 5.77. The van der Waals surface area contributed by atoms with Gasteiger partial charge < -0.3 is 9.64 Å². The molecule has 4 nitrogen and oxygen atoms in total. The summed E-state index contributed by atoms with van der Waals surface area (Å²) in [5.41, 5.74) is 0.387. The van der Waals surface area contributed by atoms with E-state index in [1.807, 2.05) is 13.0 Å². The molecule has 0 aromatic heterocycles. The minimum atomic E-state index is -0.579. The van der Waals surface area contributed by atoms with Crippen LogP contribution in [0.4, 0.5) is 10.1 Å². The molecule has 0 heterocycles. The minimum absolute atomic E-state index is 0.0137. The third-order valence-corrected chi connectivity index (χ3v) is 2.56. The Kier molecular flexibility index (Phi) is 5.80. The van der Waals surface area contributed by atoms with Crippen LogP contribution in [-0.4, -0.2) is 25.7 Å². The smallest absolute Gasteiger partial charge is 0.325 e. The van der Waals surface area contributed by atoms with E-state index in [0.717, 1.165) is 6.42 Å². The first-order valence-corrected chi connectivity index (χ1v) is 6.23. The average molecular weight is 264 g/mol. The fourth-order valence-corrected chi connectivity index (χ4v) is 1.80. The van der Waals surface area contributed by atoms with Crippen molar-refractivity contribution in [2.45, 2.75) is 20.3 Å². The van der Waals surface area contributed by atoms with E-state index in [1.165, 1.54) is 12.1 Å². The van der Waals surface area contributed by atoms with Gasteiger partial charge >= 0.3 is 5.97 Å². The summed E-state index contributed by atoms with van der Waals surface area (Å²) in [6.45, 7) is 4.54. The van der Waals surface area contributed by atoms with Gasteiger partial charge in [-0.1, -0.05) is 13.0 Å². The Morgan fingerprint density at radius 3 is 2.79 bits per heavy atom. The molecule has 0 amide bonds. The first-order chi connectivity index (χ1) is 9.13. The number of nitrogens with zero attached hydrogens (tertiary/aromatic N) is 2. The van der Waals surface area contributed by atoms with Crippen LogP contribution in [0.1, 0.15) is 25.8 Å². The van der Waals surface area contributed by atoms with E-state index in [-0.39, 0.29) is 18.1 Å². The second kappa shape index (κ2) is 7.37. The van der Waals surface area contributed by atoms with Gasteiger partial charge in [0.05, 0.1) is 12.3 Å². The Labute approximate surface area is 112 Å². The fraction of sp³-hybridized carbons (Fsp3) is 0.429. The van der Waals surface area contributed by atoms with E-state index in [2.05, 4.69) is 0 Å². The number of carbonyl (C=O) groups is 1. The molecule has 0 aliphatic rings. The topological polar surface area (TPSA) is 53.3 Å². The molecular weight excluding hydrogens is 247 g/mol. The molecule has 1 aromatic carbocycles. The molecule has 0 unspecified atom stereocenters. The molecule has 0 saturated carbocycles. The Hall–Kier alpha value is -2.09. The molecule has 1 aromatic rings. The van der Waals surface area contributed by atoms with Crippen LogP contribution >= 0.6 is 0 Å². The normalized spacial score (nSPS) is 9.79. The maximum atomic E-state index is 13.6. The second-order valence-electron chi connectivity index (χ2n) is 3.97. The molecule has 102 valence electrons. The van der Waals surface area contributed by atoms with Crippen LogP contribution < -0.4 is 4.90 Å². The Bertz CT molecular complexity index is 483. The molecule has 1 rings (SSSR count). The van der Waals surface area contributed by atoms with Gasteiger partial charge in [-0.2, -0.15) is 5.26 Å². The predicted molar refractivity (Wildman–Crippen MR) is 70.3 cm³/mol. The van der Waals surface area contributed by atoms with Crippen LogP contribution in [-0.2, 0) is 9.53 Å². The summed E-state index contributed by atoms with van der Waals surface area (Å²) in [4.78, 5) is 13.2. The maximum absolute atomic E-state index is 13.6. The van der Waals surface area contributed by atoms with E-state index in [4.69, 9.17) is 10.00 Å². The minimum Gasteiger partial charge on any atom is -0.465 e. The number of hydrogen-bond donors (Lipinski definition) is 0. The number of halogens is 1. The van der Waals surface area contributed by atoms with Gasteiger partial charge in [0.15, 0.2) is 0 Å². The summed E-state index contributed by atoms with van der Waals surface area (Å²) >= 11 is 0. The maximum Gasteiger partial charge on any atom is 0.325 e. The number of benzene rings is 1. The van der Waals surface area contributed by atoms with Crippen molar-refractivity contribution in [3.8, 4) is 6.07 Å². The molecule has 0 fully saturated rings. The zero-order valence-electron chi connectivity index (χ0n) is 11.1. The molecule has 0 aliphatic carbocycles. The Morgan fingerprint density at radius 2 is 2.21 bits per heavy atom. The molecule has 0 atom stereocenters. The molecule has 0 aliphatic heterocycles. The summed E-state index contributed by atoms with van der Waals surface area (Å²) < 4.78 is 18.5. The van der Waals surface area contributed by atoms with Gasteiger partial charge in [-0.3, -0.25) is 4.79 Å². The summed E-state index contributed by atoms with van der Waals surface area (Å²) in [6.07, 6.45) is 0.779. The van der Waals surface area contributed by atoms with Gasteiger partial charge in [-0.05, 0) is 25.5 Å². The van der Waals surface area contributed by atoms with Crippen molar-refractivity contribution in [1.82, 2.24) is 0 Å². The first-order valence-electron chi connectivity index (χ1n) is 6.23. The van der Waals surface area contributed by atoms with Gasteiger partial charge in [-0.25, -0.2) is 4.39 Å². The number of hydrogen-bond acceptors (Lipinski definition) is 4. The largest absolute Gasteiger partial charge is 0.465 e. The summed E-state index contributed by atoms with van der Waals surface area (Å²) in [7, 11) is 0. The number of rotatable bonds is 6. The summed E-state index contributed by atoms with van der Waals surface area (Å²) in [6, 6.07) is 6.23. The van der Waals surface area contributed by atoms with Gasteiger partial charge in [0, 0.05) is 6.54 Å². The van der Waals surface area contributed by atoms with Crippen LogP contribution in [0.15, 0.2) is 18.2 Å². The van der Waals surface area contributed by atoms with Gasteiger partial charge in [-0.15, -0.1) is 0 Å². The van der Waals surface area contributed by atoms with Crippen molar-refractivity contribution < 1.29 is 13.9 Å². The summed E-state index contributed by atoms with van der Waals surface area (Å²) in [5, 5.41) is 9.02. The van der Waals surface area contributed by atoms with Crippen molar-refractivity contribution >= 4 is 11.7 Å². The van der Waals surface area contributed by atoms with Gasteiger partial charge in [0.1, 0.15) is 24.0 Å². The van der Waals surface area contributed by atoms with Crippen molar-refractivity contribution in [2.75, 3.05) is 24.6 Å². The quantitative estimate of drug-likeness (QED) is 0.741. The summed E-state index contributed by atoms with van der Waals surface area (Å²) in [5.74, 6) is -0.964. The monoisotopic (exact) mass is 264 g/mol. The van der Waals surface area contributed by atoms with Crippen molar-refractivity contribution in [3.05, 3.63) is 29.6 Å².